The van der Waals surface area contributed by atoms with Crippen molar-refractivity contribution >= 4 is 17.7 Å². The summed E-state index contributed by atoms with van der Waals surface area (Å²) in [7, 11) is 0. The Balaban J connectivity index is 1.68. The van der Waals surface area contributed by atoms with Gasteiger partial charge in [-0.25, -0.2) is 0 Å². The molecule has 3 rings (SSSR count). The number of amides is 1. The number of nitrogens with one attached hydrogen (secondary N) is 1. The number of aryl methyl sites for hydroxylation is 1. The molecule has 0 spiro atoms. The van der Waals surface area contributed by atoms with Gasteiger partial charge in [0.05, 0.1) is 5.75 Å². The number of benzene rings is 1. The van der Waals surface area contributed by atoms with Crippen LogP contribution in [0.4, 0.5) is 0 Å². The Morgan fingerprint density at radius 3 is 2.79 bits per heavy atom. The first-order chi connectivity index (χ1) is 11.6. The number of rotatable bonds is 7. The van der Waals surface area contributed by atoms with Crippen LogP contribution in [0.15, 0.2) is 29.4 Å². The lowest BCUT2D eigenvalue weighted by molar-refractivity contribution is -0.119. The molecule has 128 valence electrons. The predicted molar refractivity (Wildman–Crippen MR) is 96.9 cm³/mol. The second-order valence-electron chi connectivity index (χ2n) is 6.35. The molecule has 1 saturated carbocycles. The molecule has 5 nitrogen and oxygen atoms in total. The lowest BCUT2D eigenvalue weighted by Crippen LogP contribution is -2.35. The quantitative estimate of drug-likeness (QED) is 0.783. The molecule has 1 aliphatic carbocycles. The molecule has 1 aliphatic rings. The van der Waals surface area contributed by atoms with E-state index in [-0.39, 0.29) is 11.9 Å². The summed E-state index contributed by atoms with van der Waals surface area (Å²) in [6.07, 6.45) is 2.47. The summed E-state index contributed by atoms with van der Waals surface area (Å²) < 4.78 is 2.07. The van der Waals surface area contributed by atoms with Gasteiger partial charge < -0.3 is 9.88 Å². The molecule has 1 amide bonds. The third kappa shape index (κ3) is 3.80. The average Bonchev–Trinajstić information content (AvgIpc) is 3.34. The van der Waals surface area contributed by atoms with E-state index in [2.05, 4.69) is 53.0 Å². The Morgan fingerprint density at radius 1 is 1.38 bits per heavy atom. The van der Waals surface area contributed by atoms with Crippen molar-refractivity contribution < 1.29 is 4.79 Å². The summed E-state index contributed by atoms with van der Waals surface area (Å²) in [5.41, 5.74) is 2.26. The molecule has 0 radical (unpaired) electrons. The maximum atomic E-state index is 12.1. The summed E-state index contributed by atoms with van der Waals surface area (Å²) in [5.74, 6) is 1.99. The zero-order valence-corrected chi connectivity index (χ0v) is 15.3. The van der Waals surface area contributed by atoms with Gasteiger partial charge in [-0.05, 0) is 45.1 Å². The molecule has 1 fully saturated rings. The van der Waals surface area contributed by atoms with Gasteiger partial charge in [-0.2, -0.15) is 0 Å². The number of carbonyl (C=O) groups excluding carboxylic acids is 1. The van der Waals surface area contributed by atoms with Gasteiger partial charge in [0.1, 0.15) is 0 Å². The Hall–Kier alpha value is -1.82. The van der Waals surface area contributed by atoms with Crippen molar-refractivity contribution in [1.82, 2.24) is 20.1 Å². The topological polar surface area (TPSA) is 59.8 Å². The van der Waals surface area contributed by atoms with Crippen LogP contribution in [0, 0.1) is 12.8 Å². The van der Waals surface area contributed by atoms with Gasteiger partial charge in [0, 0.05) is 18.2 Å². The van der Waals surface area contributed by atoms with Crippen molar-refractivity contribution in [3.05, 3.63) is 29.8 Å². The van der Waals surface area contributed by atoms with Gasteiger partial charge in [-0.1, -0.05) is 36.0 Å². The molecule has 0 unspecified atom stereocenters. The van der Waals surface area contributed by atoms with Crippen LogP contribution >= 0.6 is 11.8 Å². The number of thioether (sulfide) groups is 1. The molecule has 1 aromatic heterocycles. The summed E-state index contributed by atoms with van der Waals surface area (Å²) >= 11 is 1.45. The third-order valence-corrected chi connectivity index (χ3v) is 5.44. The molecule has 0 aliphatic heterocycles. The SMILES string of the molecule is CCn1c(SCC(=O)N[C@H](C)C2CC2)nnc1-c1ccccc1C. The number of nitrogens with zero attached hydrogens (tertiary/aromatic N) is 3. The van der Waals surface area contributed by atoms with Crippen LogP contribution in [-0.4, -0.2) is 32.5 Å². The van der Waals surface area contributed by atoms with Crippen molar-refractivity contribution in [2.24, 2.45) is 5.92 Å². The van der Waals surface area contributed by atoms with Crippen LogP contribution in [-0.2, 0) is 11.3 Å². The van der Waals surface area contributed by atoms with Crippen LogP contribution in [0.5, 0.6) is 0 Å². The zero-order chi connectivity index (χ0) is 17.1. The maximum absolute atomic E-state index is 12.1. The van der Waals surface area contributed by atoms with Crippen molar-refractivity contribution in [2.45, 2.75) is 51.4 Å². The minimum Gasteiger partial charge on any atom is -0.353 e. The Bertz CT molecular complexity index is 724. The molecular weight excluding hydrogens is 320 g/mol. The van der Waals surface area contributed by atoms with Crippen molar-refractivity contribution in [2.75, 3.05) is 5.75 Å². The van der Waals surface area contributed by atoms with Gasteiger partial charge >= 0.3 is 0 Å². The fourth-order valence-corrected chi connectivity index (χ4v) is 3.66. The van der Waals surface area contributed by atoms with E-state index in [1.807, 2.05) is 12.1 Å². The largest absolute Gasteiger partial charge is 0.353 e. The number of hydrogen-bond donors (Lipinski definition) is 1. The van der Waals surface area contributed by atoms with E-state index < -0.39 is 0 Å². The minimum absolute atomic E-state index is 0.0718. The van der Waals surface area contributed by atoms with Gasteiger partial charge in [-0.3, -0.25) is 4.79 Å². The molecule has 0 saturated heterocycles. The third-order valence-electron chi connectivity index (χ3n) is 4.47. The molecule has 2 aromatic rings. The summed E-state index contributed by atoms with van der Waals surface area (Å²) in [6.45, 7) is 7.01. The molecule has 1 N–H and O–H groups in total. The number of hydrogen-bond acceptors (Lipinski definition) is 4. The van der Waals surface area contributed by atoms with Crippen molar-refractivity contribution in [3.8, 4) is 11.4 Å². The average molecular weight is 344 g/mol. The zero-order valence-electron chi connectivity index (χ0n) is 14.5. The summed E-state index contributed by atoms with van der Waals surface area (Å²) in [6, 6.07) is 8.45. The minimum atomic E-state index is 0.0718. The smallest absolute Gasteiger partial charge is 0.230 e. The Kier molecular flexibility index (Phi) is 5.23. The van der Waals surface area contributed by atoms with Gasteiger partial charge in [0.25, 0.3) is 0 Å². The summed E-state index contributed by atoms with van der Waals surface area (Å²) in [5, 5.41) is 12.5. The molecule has 1 atom stereocenters. The number of aromatic nitrogens is 3. The fraction of sp³-hybridized carbons (Fsp3) is 0.500. The molecule has 24 heavy (non-hydrogen) atoms. The van der Waals surface area contributed by atoms with E-state index in [4.69, 9.17) is 0 Å². The van der Waals surface area contributed by atoms with Crippen LogP contribution in [0.1, 0.15) is 32.3 Å². The van der Waals surface area contributed by atoms with Crippen molar-refractivity contribution in [3.63, 3.8) is 0 Å². The molecule has 6 heteroatoms. The second-order valence-corrected chi connectivity index (χ2v) is 7.29. The van der Waals surface area contributed by atoms with Gasteiger partial charge in [-0.15, -0.1) is 10.2 Å². The maximum Gasteiger partial charge on any atom is 0.230 e. The highest BCUT2D eigenvalue weighted by molar-refractivity contribution is 7.99. The number of carbonyl (C=O) groups is 1. The Morgan fingerprint density at radius 2 is 2.12 bits per heavy atom. The highest BCUT2D eigenvalue weighted by atomic mass is 32.2. The second kappa shape index (κ2) is 7.38. The Labute approximate surface area is 147 Å². The fourth-order valence-electron chi connectivity index (χ4n) is 2.84. The van der Waals surface area contributed by atoms with E-state index in [1.54, 1.807) is 0 Å². The molecule has 1 heterocycles. The monoisotopic (exact) mass is 344 g/mol. The van der Waals surface area contributed by atoms with Crippen molar-refractivity contribution in [1.29, 1.82) is 0 Å². The van der Waals surface area contributed by atoms with E-state index in [0.717, 1.165) is 23.1 Å². The highest BCUT2D eigenvalue weighted by Crippen LogP contribution is 2.32. The lowest BCUT2D eigenvalue weighted by atomic mass is 10.1. The first-order valence-electron chi connectivity index (χ1n) is 8.51. The van der Waals surface area contributed by atoms with E-state index in [9.17, 15) is 4.79 Å². The van der Waals surface area contributed by atoms with Gasteiger partial charge in [0.2, 0.25) is 5.91 Å². The molecule has 0 bridgehead atoms. The van der Waals surface area contributed by atoms with Crippen LogP contribution in [0.3, 0.4) is 0 Å². The van der Waals surface area contributed by atoms with E-state index in [0.29, 0.717) is 11.7 Å². The summed E-state index contributed by atoms with van der Waals surface area (Å²) in [4.78, 5) is 12.1. The molecular formula is C18H24N4OS. The van der Waals surface area contributed by atoms with Crippen LogP contribution < -0.4 is 5.32 Å². The highest BCUT2D eigenvalue weighted by Gasteiger charge is 2.28. The normalized spacial score (nSPS) is 15.3. The van der Waals surface area contributed by atoms with Crippen LogP contribution in [0.2, 0.25) is 0 Å². The van der Waals surface area contributed by atoms with Gasteiger partial charge in [0.15, 0.2) is 11.0 Å². The predicted octanol–water partition coefficient (Wildman–Crippen LogP) is 3.28. The standard InChI is InChI=1S/C18H24N4OS/c1-4-22-17(15-8-6-5-7-12(15)2)20-21-18(22)24-11-16(23)19-13(3)14-9-10-14/h5-8,13-14H,4,9-11H2,1-3H3,(H,19,23)/t13-/m1/s1. The molecule has 1 aromatic carbocycles. The lowest BCUT2D eigenvalue weighted by Gasteiger charge is -2.12. The first-order valence-corrected chi connectivity index (χ1v) is 9.50. The van der Waals surface area contributed by atoms with Crippen LogP contribution in [0.25, 0.3) is 11.4 Å². The first kappa shape index (κ1) is 17.0. The van der Waals surface area contributed by atoms with E-state index in [1.165, 1.54) is 30.2 Å². The van der Waals surface area contributed by atoms with E-state index >= 15 is 0 Å².